The van der Waals surface area contributed by atoms with Gasteiger partial charge in [0.05, 0.1) is 0 Å². The van der Waals surface area contributed by atoms with Gasteiger partial charge in [0.1, 0.15) is 6.04 Å². The summed E-state index contributed by atoms with van der Waals surface area (Å²) < 4.78 is 0. The highest BCUT2D eigenvalue weighted by atomic mass is 16.2. The highest BCUT2D eigenvalue weighted by Crippen LogP contribution is 2.04. The number of hydrogen-bond acceptors (Lipinski definition) is 3. The minimum atomic E-state index is -0.875. The molecule has 0 saturated carbocycles. The molecule has 23 heavy (non-hydrogen) atoms. The molecule has 0 aliphatic heterocycles. The smallest absolute Gasteiger partial charge is 0.251 e. The summed E-state index contributed by atoms with van der Waals surface area (Å²) in [7, 11) is 0. The van der Waals surface area contributed by atoms with E-state index in [1.807, 2.05) is 30.3 Å². The molecule has 0 fully saturated rings. The molecule has 1 unspecified atom stereocenters. The second-order valence-electron chi connectivity index (χ2n) is 4.86. The lowest BCUT2D eigenvalue weighted by atomic mass is 10.1. The molecule has 2 amide bonds. The average Bonchev–Trinajstić information content (AvgIpc) is 2.58. The number of nitrogens with two attached hydrogens (primary N) is 2. The lowest BCUT2D eigenvalue weighted by Crippen LogP contribution is -2.48. The van der Waals surface area contributed by atoms with Crippen molar-refractivity contribution in [1.82, 2.24) is 5.32 Å². The maximum atomic E-state index is 12.0. The summed E-state index contributed by atoms with van der Waals surface area (Å²) >= 11 is 0. The van der Waals surface area contributed by atoms with Crippen LogP contribution in [0, 0.1) is 11.8 Å². The van der Waals surface area contributed by atoms with Gasteiger partial charge in [-0.3, -0.25) is 9.59 Å². The average molecular weight is 307 g/mol. The molecule has 0 spiro atoms. The molecule has 116 valence electrons. The topological polar surface area (TPSA) is 98.2 Å². The molecular formula is C18H17N3O2. The van der Waals surface area contributed by atoms with Crippen LogP contribution in [0.15, 0.2) is 54.6 Å². The van der Waals surface area contributed by atoms with E-state index in [9.17, 15) is 9.59 Å². The Bertz CT molecular complexity index is 743. The fourth-order valence-electron chi connectivity index (χ4n) is 1.86. The third-order valence-corrected chi connectivity index (χ3v) is 3.16. The maximum Gasteiger partial charge on any atom is 0.251 e. The Morgan fingerprint density at radius 1 is 0.957 bits per heavy atom. The molecule has 0 aliphatic carbocycles. The Labute approximate surface area is 134 Å². The van der Waals surface area contributed by atoms with E-state index < -0.39 is 17.9 Å². The monoisotopic (exact) mass is 307 g/mol. The van der Waals surface area contributed by atoms with E-state index in [1.54, 1.807) is 24.3 Å². The van der Waals surface area contributed by atoms with Crippen molar-refractivity contribution in [2.24, 2.45) is 11.5 Å². The third kappa shape index (κ3) is 4.70. The lowest BCUT2D eigenvalue weighted by molar-refractivity contribution is -0.119. The Kier molecular flexibility index (Phi) is 5.50. The van der Waals surface area contributed by atoms with Gasteiger partial charge in [-0.15, -0.1) is 0 Å². The first-order valence-corrected chi connectivity index (χ1v) is 7.07. The minimum absolute atomic E-state index is 0.0400. The van der Waals surface area contributed by atoms with Gasteiger partial charge in [-0.25, -0.2) is 0 Å². The predicted molar refractivity (Wildman–Crippen MR) is 88.4 cm³/mol. The predicted octanol–water partition coefficient (Wildman–Crippen LogP) is 0.629. The number of carbonyl (C=O) groups is 2. The fraction of sp³-hybridized carbons (Fsp3) is 0.111. The van der Waals surface area contributed by atoms with Crippen molar-refractivity contribution in [2.75, 3.05) is 6.54 Å². The Balaban J connectivity index is 2.06. The second-order valence-corrected chi connectivity index (χ2v) is 4.86. The first kappa shape index (κ1) is 16.3. The van der Waals surface area contributed by atoms with Crippen LogP contribution in [0.1, 0.15) is 21.5 Å². The van der Waals surface area contributed by atoms with Crippen molar-refractivity contribution in [3.05, 3.63) is 71.3 Å². The molecule has 0 radical (unpaired) electrons. The van der Waals surface area contributed by atoms with Crippen molar-refractivity contribution in [3.63, 3.8) is 0 Å². The molecule has 5 N–H and O–H groups in total. The number of hydrogen-bond donors (Lipinski definition) is 3. The minimum Gasteiger partial charge on any atom is -0.368 e. The van der Waals surface area contributed by atoms with Crippen molar-refractivity contribution in [1.29, 1.82) is 0 Å². The zero-order chi connectivity index (χ0) is 16.7. The molecular weight excluding hydrogens is 290 g/mol. The molecule has 0 saturated heterocycles. The molecule has 2 aromatic rings. The highest BCUT2D eigenvalue weighted by Gasteiger charge is 2.16. The molecule has 1 atom stereocenters. The van der Waals surface area contributed by atoms with E-state index in [1.165, 1.54) is 0 Å². The summed E-state index contributed by atoms with van der Waals surface area (Å²) in [6, 6.07) is 15.5. The standard InChI is InChI=1S/C18H17N3O2/c19-12-16(17(20)22)21-18(23)15-10-8-14(9-11-15)7-6-13-4-2-1-3-5-13/h1-5,8-11,16H,12,19H2,(H2,20,22)(H,21,23). The highest BCUT2D eigenvalue weighted by molar-refractivity contribution is 5.97. The van der Waals surface area contributed by atoms with Crippen LogP contribution in [-0.4, -0.2) is 24.4 Å². The molecule has 0 aromatic heterocycles. The van der Waals surface area contributed by atoms with Gasteiger partial charge in [-0.05, 0) is 36.4 Å². The molecule has 5 nitrogen and oxygen atoms in total. The van der Waals surface area contributed by atoms with Crippen LogP contribution in [0.5, 0.6) is 0 Å². The van der Waals surface area contributed by atoms with Crippen LogP contribution in [0.25, 0.3) is 0 Å². The number of rotatable bonds is 4. The maximum absolute atomic E-state index is 12.0. The van der Waals surface area contributed by atoms with E-state index >= 15 is 0 Å². The van der Waals surface area contributed by atoms with Crippen molar-refractivity contribution >= 4 is 11.8 Å². The van der Waals surface area contributed by atoms with Crippen LogP contribution in [0.2, 0.25) is 0 Å². The van der Waals surface area contributed by atoms with Gasteiger partial charge < -0.3 is 16.8 Å². The zero-order valence-corrected chi connectivity index (χ0v) is 12.5. The van der Waals surface area contributed by atoms with E-state index in [4.69, 9.17) is 11.5 Å². The van der Waals surface area contributed by atoms with Crippen LogP contribution in [-0.2, 0) is 4.79 Å². The van der Waals surface area contributed by atoms with E-state index in [2.05, 4.69) is 17.2 Å². The summed E-state index contributed by atoms with van der Waals surface area (Å²) in [6.07, 6.45) is 0. The van der Waals surface area contributed by atoms with Crippen LogP contribution >= 0.6 is 0 Å². The number of primary amides is 1. The Morgan fingerprint density at radius 2 is 1.52 bits per heavy atom. The van der Waals surface area contributed by atoms with Gasteiger partial charge in [-0.2, -0.15) is 0 Å². The van der Waals surface area contributed by atoms with E-state index in [0.29, 0.717) is 5.56 Å². The van der Waals surface area contributed by atoms with Crippen LogP contribution in [0.4, 0.5) is 0 Å². The number of carbonyl (C=O) groups excluding carboxylic acids is 2. The van der Waals surface area contributed by atoms with Gasteiger partial charge in [0, 0.05) is 23.2 Å². The summed E-state index contributed by atoms with van der Waals surface area (Å²) in [5.41, 5.74) is 12.6. The quantitative estimate of drug-likeness (QED) is 0.722. The number of benzene rings is 2. The van der Waals surface area contributed by atoms with E-state index in [0.717, 1.165) is 11.1 Å². The van der Waals surface area contributed by atoms with Crippen LogP contribution in [0.3, 0.4) is 0 Å². The fourth-order valence-corrected chi connectivity index (χ4v) is 1.86. The molecule has 0 heterocycles. The second kappa shape index (κ2) is 7.78. The third-order valence-electron chi connectivity index (χ3n) is 3.16. The number of amides is 2. The summed E-state index contributed by atoms with van der Waals surface area (Å²) in [5, 5.41) is 2.49. The van der Waals surface area contributed by atoms with Gasteiger partial charge >= 0.3 is 0 Å². The molecule has 2 aromatic carbocycles. The summed E-state index contributed by atoms with van der Waals surface area (Å²) in [6.45, 7) is -0.0400. The zero-order valence-electron chi connectivity index (χ0n) is 12.5. The van der Waals surface area contributed by atoms with Crippen molar-refractivity contribution in [3.8, 4) is 11.8 Å². The summed E-state index contributed by atoms with van der Waals surface area (Å²) in [5.74, 6) is 5.00. The van der Waals surface area contributed by atoms with Gasteiger partial charge in [0.15, 0.2) is 0 Å². The molecule has 0 bridgehead atoms. The first-order chi connectivity index (χ1) is 11.1. The van der Waals surface area contributed by atoms with Gasteiger partial charge in [0.25, 0.3) is 5.91 Å². The lowest BCUT2D eigenvalue weighted by Gasteiger charge is -2.12. The van der Waals surface area contributed by atoms with Crippen LogP contribution < -0.4 is 16.8 Å². The SMILES string of the molecule is NCC(NC(=O)c1ccc(C#Cc2ccccc2)cc1)C(N)=O. The van der Waals surface area contributed by atoms with Gasteiger partial charge in [0.2, 0.25) is 5.91 Å². The summed E-state index contributed by atoms with van der Waals surface area (Å²) in [4.78, 5) is 23.1. The van der Waals surface area contributed by atoms with E-state index in [-0.39, 0.29) is 6.54 Å². The van der Waals surface area contributed by atoms with Crippen molar-refractivity contribution in [2.45, 2.75) is 6.04 Å². The van der Waals surface area contributed by atoms with Gasteiger partial charge in [-0.1, -0.05) is 30.0 Å². The molecule has 0 aliphatic rings. The largest absolute Gasteiger partial charge is 0.368 e. The normalized spacial score (nSPS) is 11.0. The first-order valence-electron chi connectivity index (χ1n) is 7.07. The Hall–Kier alpha value is -3.10. The number of nitrogens with one attached hydrogen (secondary N) is 1. The Morgan fingerprint density at radius 3 is 2.04 bits per heavy atom. The molecule has 2 rings (SSSR count). The molecule has 5 heteroatoms. The van der Waals surface area contributed by atoms with Crippen molar-refractivity contribution < 1.29 is 9.59 Å².